The lowest BCUT2D eigenvalue weighted by Gasteiger charge is -2.26. The minimum atomic E-state index is -0.00194. The first-order valence-electron chi connectivity index (χ1n) is 9.35. The van der Waals surface area contributed by atoms with Crippen LogP contribution in [-0.4, -0.2) is 58.5 Å². The standard InChI is InChI=1S/C19H27N5O3/c1-3-24-19(21-14-22-24)15(2)20-12-16-4-6-17(7-5-16)27-13-18(25)23-8-10-26-11-9-23/h4-7,14-15,20H,3,8-13H2,1-2H3/t15-/m1/s1. The molecule has 2 heterocycles. The molecule has 1 N–H and O–H groups in total. The second-order valence-electron chi connectivity index (χ2n) is 6.46. The van der Waals surface area contributed by atoms with Gasteiger partial charge >= 0.3 is 0 Å². The Morgan fingerprint density at radius 2 is 2.04 bits per heavy atom. The summed E-state index contributed by atoms with van der Waals surface area (Å²) in [4.78, 5) is 18.2. The van der Waals surface area contributed by atoms with Gasteiger partial charge in [0.1, 0.15) is 17.9 Å². The maximum Gasteiger partial charge on any atom is 0.260 e. The van der Waals surface area contributed by atoms with Crippen molar-refractivity contribution < 1.29 is 14.3 Å². The van der Waals surface area contributed by atoms with Gasteiger partial charge in [0, 0.05) is 26.2 Å². The van der Waals surface area contributed by atoms with Crippen molar-refractivity contribution in [2.24, 2.45) is 0 Å². The maximum atomic E-state index is 12.1. The van der Waals surface area contributed by atoms with Gasteiger partial charge in [0.15, 0.2) is 6.61 Å². The summed E-state index contributed by atoms with van der Waals surface area (Å²) in [5.74, 6) is 1.62. The number of aryl methyl sites for hydroxylation is 1. The molecule has 146 valence electrons. The summed E-state index contributed by atoms with van der Waals surface area (Å²) < 4.78 is 12.8. The number of hydrogen-bond donors (Lipinski definition) is 1. The molecule has 2 aromatic rings. The first-order valence-corrected chi connectivity index (χ1v) is 9.35. The van der Waals surface area contributed by atoms with E-state index in [1.54, 1.807) is 11.2 Å². The summed E-state index contributed by atoms with van der Waals surface area (Å²) in [5, 5.41) is 7.65. The maximum absolute atomic E-state index is 12.1. The number of morpholine rings is 1. The van der Waals surface area contributed by atoms with Crippen LogP contribution in [0.3, 0.4) is 0 Å². The van der Waals surface area contributed by atoms with Gasteiger partial charge in [0.2, 0.25) is 0 Å². The molecule has 8 nitrogen and oxygen atoms in total. The van der Waals surface area contributed by atoms with E-state index in [4.69, 9.17) is 9.47 Å². The number of carbonyl (C=O) groups is 1. The molecule has 1 saturated heterocycles. The summed E-state index contributed by atoms with van der Waals surface area (Å²) in [6.45, 7) is 8.16. The molecular formula is C19H27N5O3. The number of ether oxygens (including phenoxy) is 2. The molecule has 1 amide bonds. The zero-order valence-electron chi connectivity index (χ0n) is 15.9. The molecule has 3 rings (SSSR count). The number of hydrogen-bond acceptors (Lipinski definition) is 6. The number of rotatable bonds is 8. The largest absolute Gasteiger partial charge is 0.484 e. The average molecular weight is 373 g/mol. The number of carbonyl (C=O) groups excluding carboxylic acids is 1. The van der Waals surface area contributed by atoms with E-state index < -0.39 is 0 Å². The van der Waals surface area contributed by atoms with Gasteiger partial charge in [-0.15, -0.1) is 0 Å². The van der Waals surface area contributed by atoms with Crippen molar-refractivity contribution in [3.05, 3.63) is 42.0 Å². The summed E-state index contributed by atoms with van der Waals surface area (Å²) in [5.41, 5.74) is 1.14. The molecule has 1 aromatic heterocycles. The molecular weight excluding hydrogens is 346 g/mol. The van der Waals surface area contributed by atoms with Crippen LogP contribution in [0.1, 0.15) is 31.3 Å². The Bertz CT molecular complexity index is 725. The predicted molar refractivity (Wildman–Crippen MR) is 100 cm³/mol. The lowest BCUT2D eigenvalue weighted by Crippen LogP contribution is -2.42. The second kappa shape index (κ2) is 9.48. The van der Waals surface area contributed by atoms with Crippen LogP contribution in [0.5, 0.6) is 5.75 Å². The van der Waals surface area contributed by atoms with E-state index in [-0.39, 0.29) is 18.6 Å². The van der Waals surface area contributed by atoms with E-state index in [1.165, 1.54) is 0 Å². The quantitative estimate of drug-likeness (QED) is 0.753. The fraction of sp³-hybridized carbons (Fsp3) is 0.526. The zero-order chi connectivity index (χ0) is 19.1. The fourth-order valence-corrected chi connectivity index (χ4v) is 2.97. The first kappa shape index (κ1) is 19.3. The third kappa shape index (κ3) is 5.27. The van der Waals surface area contributed by atoms with Gasteiger partial charge in [-0.1, -0.05) is 12.1 Å². The van der Waals surface area contributed by atoms with Crippen LogP contribution in [0.2, 0.25) is 0 Å². The summed E-state index contributed by atoms with van der Waals surface area (Å²) in [7, 11) is 0. The summed E-state index contributed by atoms with van der Waals surface area (Å²) >= 11 is 0. The van der Waals surface area contributed by atoms with Crippen molar-refractivity contribution in [3.63, 3.8) is 0 Å². The summed E-state index contributed by atoms with van der Waals surface area (Å²) in [6, 6.07) is 7.89. The SMILES string of the molecule is CCn1ncnc1[C@@H](C)NCc1ccc(OCC(=O)N2CCOCC2)cc1. The zero-order valence-corrected chi connectivity index (χ0v) is 15.9. The number of nitrogens with zero attached hydrogens (tertiary/aromatic N) is 4. The number of benzene rings is 1. The monoisotopic (exact) mass is 373 g/mol. The van der Waals surface area contributed by atoms with E-state index in [2.05, 4.69) is 22.3 Å². The van der Waals surface area contributed by atoms with Crippen LogP contribution >= 0.6 is 0 Å². The predicted octanol–water partition coefficient (Wildman–Crippen LogP) is 1.39. The first-order chi connectivity index (χ1) is 13.2. The highest BCUT2D eigenvalue weighted by atomic mass is 16.5. The van der Waals surface area contributed by atoms with Crippen molar-refractivity contribution in [2.75, 3.05) is 32.9 Å². The molecule has 1 aromatic carbocycles. The van der Waals surface area contributed by atoms with Gasteiger partial charge in [0.05, 0.1) is 19.3 Å². The van der Waals surface area contributed by atoms with Crippen LogP contribution in [0.15, 0.2) is 30.6 Å². The van der Waals surface area contributed by atoms with Crippen molar-refractivity contribution in [1.29, 1.82) is 0 Å². The van der Waals surface area contributed by atoms with Gasteiger partial charge in [-0.05, 0) is 31.5 Å². The molecule has 1 aliphatic rings. The van der Waals surface area contributed by atoms with Crippen LogP contribution in [-0.2, 0) is 22.6 Å². The van der Waals surface area contributed by atoms with Crippen molar-refractivity contribution in [1.82, 2.24) is 25.0 Å². The Hall–Kier alpha value is -2.45. The van der Waals surface area contributed by atoms with Crippen LogP contribution in [0.25, 0.3) is 0 Å². The highest BCUT2D eigenvalue weighted by Crippen LogP contribution is 2.14. The van der Waals surface area contributed by atoms with Gasteiger partial charge in [-0.2, -0.15) is 5.10 Å². The molecule has 0 spiro atoms. The molecule has 8 heteroatoms. The van der Waals surface area contributed by atoms with Crippen LogP contribution in [0, 0.1) is 0 Å². The minimum absolute atomic E-state index is 0.00194. The molecule has 0 unspecified atom stereocenters. The topological polar surface area (TPSA) is 81.5 Å². The molecule has 27 heavy (non-hydrogen) atoms. The van der Waals surface area contributed by atoms with Crippen LogP contribution < -0.4 is 10.1 Å². The molecule has 1 atom stereocenters. The Morgan fingerprint density at radius 1 is 1.30 bits per heavy atom. The van der Waals surface area contributed by atoms with E-state index >= 15 is 0 Å². The smallest absolute Gasteiger partial charge is 0.260 e. The third-order valence-corrected chi connectivity index (χ3v) is 4.59. The van der Waals surface area contributed by atoms with Crippen LogP contribution in [0.4, 0.5) is 0 Å². The fourth-order valence-electron chi connectivity index (χ4n) is 2.97. The lowest BCUT2D eigenvalue weighted by molar-refractivity contribution is -0.137. The van der Waals surface area contributed by atoms with Crippen molar-refractivity contribution >= 4 is 5.91 Å². The number of nitrogens with one attached hydrogen (secondary N) is 1. The third-order valence-electron chi connectivity index (χ3n) is 4.59. The molecule has 0 saturated carbocycles. The van der Waals surface area contributed by atoms with E-state index in [0.717, 1.165) is 17.9 Å². The Balaban J connectivity index is 1.45. The van der Waals surface area contributed by atoms with E-state index in [1.807, 2.05) is 35.9 Å². The molecule has 1 aliphatic heterocycles. The van der Waals surface area contributed by atoms with Gasteiger partial charge in [-0.3, -0.25) is 4.79 Å². The molecule has 0 bridgehead atoms. The molecule has 0 radical (unpaired) electrons. The number of amides is 1. The Morgan fingerprint density at radius 3 is 2.74 bits per heavy atom. The average Bonchev–Trinajstić information content (AvgIpc) is 3.20. The lowest BCUT2D eigenvalue weighted by atomic mass is 10.2. The highest BCUT2D eigenvalue weighted by Gasteiger charge is 2.17. The van der Waals surface area contributed by atoms with Crippen molar-refractivity contribution in [3.8, 4) is 5.75 Å². The normalized spacial score (nSPS) is 15.6. The van der Waals surface area contributed by atoms with Gasteiger partial charge in [0.25, 0.3) is 5.91 Å². The summed E-state index contributed by atoms with van der Waals surface area (Å²) in [6.07, 6.45) is 1.58. The Labute approximate surface area is 159 Å². The Kier molecular flexibility index (Phi) is 6.78. The van der Waals surface area contributed by atoms with Gasteiger partial charge < -0.3 is 19.7 Å². The van der Waals surface area contributed by atoms with E-state index in [0.29, 0.717) is 38.6 Å². The molecule has 0 aliphatic carbocycles. The minimum Gasteiger partial charge on any atom is -0.484 e. The van der Waals surface area contributed by atoms with Crippen molar-refractivity contribution in [2.45, 2.75) is 33.0 Å². The molecule has 1 fully saturated rings. The number of aromatic nitrogens is 3. The highest BCUT2D eigenvalue weighted by molar-refractivity contribution is 5.77. The second-order valence-corrected chi connectivity index (χ2v) is 6.46. The van der Waals surface area contributed by atoms with E-state index in [9.17, 15) is 4.79 Å². The van der Waals surface area contributed by atoms with Gasteiger partial charge in [-0.25, -0.2) is 9.67 Å².